The van der Waals surface area contributed by atoms with Crippen LogP contribution in [0, 0.1) is 0 Å². The van der Waals surface area contributed by atoms with Crippen molar-refractivity contribution in [1.29, 1.82) is 0 Å². The van der Waals surface area contributed by atoms with Crippen LogP contribution in [0.25, 0.3) is 21.9 Å². The van der Waals surface area contributed by atoms with E-state index in [2.05, 4.69) is 29.6 Å². The number of carboxylic acid groups (broad SMARTS) is 1. The molecule has 1 saturated heterocycles. The second-order valence-electron chi connectivity index (χ2n) is 8.96. The van der Waals surface area contributed by atoms with E-state index in [-0.39, 0.29) is 5.91 Å². The standard InChI is InChI=1S/C24H32N4O3.C2HF3O2/c1-3-4-7-22-26-21-17-25-20-10-9-18(16-19(20)24(21)27(22)2)31-13-6-5-8-23(29)28-11-14-30-15-12-28;3-2(4,5)1(6)7/h9-10,16-17H,3-8,11-15H2,1-2H3;(H,6,7). The number of halogens is 3. The van der Waals surface area contributed by atoms with Crippen LogP contribution in [0.1, 0.15) is 44.9 Å². The Kier molecular flexibility index (Phi) is 10.3. The second kappa shape index (κ2) is 13.4. The molecule has 1 aromatic carbocycles. The van der Waals surface area contributed by atoms with Crippen LogP contribution in [0.5, 0.6) is 5.75 Å². The van der Waals surface area contributed by atoms with E-state index in [1.54, 1.807) is 0 Å². The lowest BCUT2D eigenvalue weighted by molar-refractivity contribution is -0.192. The molecule has 3 aromatic rings. The molecule has 38 heavy (non-hydrogen) atoms. The number of rotatable bonds is 9. The maximum absolute atomic E-state index is 12.2. The number of pyridine rings is 1. The summed E-state index contributed by atoms with van der Waals surface area (Å²) in [6, 6.07) is 6.04. The summed E-state index contributed by atoms with van der Waals surface area (Å²) in [7, 11) is 2.08. The van der Waals surface area contributed by atoms with Gasteiger partial charge in [0.15, 0.2) is 0 Å². The number of aryl methyl sites for hydroxylation is 2. The lowest BCUT2D eigenvalue weighted by Gasteiger charge is -2.26. The largest absolute Gasteiger partial charge is 0.494 e. The van der Waals surface area contributed by atoms with Crippen molar-refractivity contribution in [2.75, 3.05) is 32.9 Å². The Hall–Kier alpha value is -3.41. The molecule has 0 atom stereocenters. The van der Waals surface area contributed by atoms with Gasteiger partial charge in [-0.05, 0) is 37.5 Å². The Morgan fingerprint density at radius 3 is 2.50 bits per heavy atom. The topological polar surface area (TPSA) is 107 Å². The molecule has 0 saturated carbocycles. The number of imidazole rings is 1. The van der Waals surface area contributed by atoms with Crippen LogP contribution in [0.15, 0.2) is 24.4 Å². The Morgan fingerprint density at radius 2 is 1.84 bits per heavy atom. The molecule has 208 valence electrons. The molecule has 9 nitrogen and oxygen atoms in total. The molecule has 12 heteroatoms. The fourth-order valence-electron chi connectivity index (χ4n) is 4.11. The van der Waals surface area contributed by atoms with Crippen LogP contribution in [-0.4, -0.2) is 75.5 Å². The lowest BCUT2D eigenvalue weighted by Crippen LogP contribution is -2.40. The minimum absolute atomic E-state index is 0.220. The van der Waals surface area contributed by atoms with Gasteiger partial charge in [0.1, 0.15) is 17.1 Å². The van der Waals surface area contributed by atoms with Crippen LogP contribution < -0.4 is 4.74 Å². The number of alkyl halides is 3. The van der Waals surface area contributed by atoms with E-state index in [9.17, 15) is 18.0 Å². The van der Waals surface area contributed by atoms with Gasteiger partial charge >= 0.3 is 12.1 Å². The third-order valence-corrected chi connectivity index (χ3v) is 6.18. The predicted molar refractivity (Wildman–Crippen MR) is 135 cm³/mol. The third kappa shape index (κ3) is 7.80. The van der Waals surface area contributed by atoms with Crippen LogP contribution in [0.4, 0.5) is 13.2 Å². The first-order valence-electron chi connectivity index (χ1n) is 12.6. The summed E-state index contributed by atoms with van der Waals surface area (Å²) in [5, 5.41) is 8.19. The molecule has 4 rings (SSSR count). The summed E-state index contributed by atoms with van der Waals surface area (Å²) < 4.78 is 45.2. The third-order valence-electron chi connectivity index (χ3n) is 6.18. The zero-order valence-corrected chi connectivity index (χ0v) is 21.6. The van der Waals surface area contributed by atoms with Gasteiger partial charge in [-0.1, -0.05) is 13.3 Å². The summed E-state index contributed by atoms with van der Waals surface area (Å²) in [6.07, 6.45) is 2.29. The number of nitrogens with zero attached hydrogens (tertiary/aromatic N) is 4. The summed E-state index contributed by atoms with van der Waals surface area (Å²) in [4.78, 5) is 32.4. The number of hydrogen-bond acceptors (Lipinski definition) is 6. The number of fused-ring (bicyclic) bond motifs is 3. The fourth-order valence-corrected chi connectivity index (χ4v) is 4.11. The molecule has 1 aliphatic rings. The van der Waals surface area contributed by atoms with Crippen molar-refractivity contribution in [2.24, 2.45) is 7.05 Å². The van der Waals surface area contributed by atoms with E-state index in [4.69, 9.17) is 24.4 Å². The number of carbonyl (C=O) groups excluding carboxylic acids is 1. The lowest BCUT2D eigenvalue weighted by atomic mass is 10.2. The zero-order valence-electron chi connectivity index (χ0n) is 21.6. The molecule has 3 heterocycles. The molecule has 1 amide bonds. The van der Waals surface area contributed by atoms with Crippen molar-refractivity contribution in [1.82, 2.24) is 19.4 Å². The number of carboxylic acids is 1. The molecule has 2 aromatic heterocycles. The number of unbranched alkanes of at least 4 members (excludes halogenated alkanes) is 2. The Labute approximate surface area is 218 Å². The first-order chi connectivity index (χ1) is 18.1. The van der Waals surface area contributed by atoms with Crippen molar-refractivity contribution in [2.45, 2.75) is 51.6 Å². The van der Waals surface area contributed by atoms with E-state index in [1.165, 1.54) is 0 Å². The molecule has 0 unspecified atom stereocenters. The quantitative estimate of drug-likeness (QED) is 0.400. The Bertz CT molecular complexity index is 1240. The normalized spacial score (nSPS) is 13.9. The molecule has 0 spiro atoms. The molecule has 0 radical (unpaired) electrons. The maximum Gasteiger partial charge on any atom is 0.490 e. The van der Waals surface area contributed by atoms with Gasteiger partial charge in [-0.15, -0.1) is 0 Å². The first-order valence-corrected chi connectivity index (χ1v) is 12.6. The molecular formula is C26H33F3N4O5. The van der Waals surface area contributed by atoms with Gasteiger partial charge in [0.05, 0.1) is 37.1 Å². The number of aromatic nitrogens is 3. The number of aliphatic carboxylic acids is 1. The number of morpholine rings is 1. The Balaban J connectivity index is 0.000000505. The minimum atomic E-state index is -5.08. The molecule has 1 N–H and O–H groups in total. The summed E-state index contributed by atoms with van der Waals surface area (Å²) in [5.41, 5.74) is 2.98. The predicted octanol–water partition coefficient (Wildman–Crippen LogP) is 4.51. The van der Waals surface area contributed by atoms with Crippen molar-refractivity contribution < 1.29 is 37.3 Å². The first kappa shape index (κ1) is 29.2. The maximum atomic E-state index is 12.2. The Morgan fingerprint density at radius 1 is 1.13 bits per heavy atom. The molecule has 0 aliphatic carbocycles. The SMILES string of the molecule is CCCCc1nc2cnc3ccc(OCCCCC(=O)N4CCOCC4)cc3c2n1C.O=C(O)C(F)(F)F. The van der Waals surface area contributed by atoms with Crippen LogP contribution in [-0.2, 0) is 27.8 Å². The van der Waals surface area contributed by atoms with Crippen molar-refractivity contribution in [3.63, 3.8) is 0 Å². The highest BCUT2D eigenvalue weighted by Crippen LogP contribution is 2.28. The highest BCUT2D eigenvalue weighted by molar-refractivity contribution is 6.02. The van der Waals surface area contributed by atoms with Gasteiger partial charge in [-0.25, -0.2) is 9.78 Å². The highest BCUT2D eigenvalue weighted by atomic mass is 19.4. The second-order valence-corrected chi connectivity index (χ2v) is 8.96. The van der Waals surface area contributed by atoms with Gasteiger partial charge in [0.2, 0.25) is 5.91 Å². The van der Waals surface area contributed by atoms with Crippen LogP contribution in [0.2, 0.25) is 0 Å². The van der Waals surface area contributed by atoms with Gasteiger partial charge in [-0.3, -0.25) is 9.78 Å². The summed E-state index contributed by atoms with van der Waals surface area (Å²) >= 11 is 0. The number of benzene rings is 1. The monoisotopic (exact) mass is 538 g/mol. The van der Waals surface area contributed by atoms with E-state index in [1.807, 2.05) is 23.2 Å². The smallest absolute Gasteiger partial charge is 0.490 e. The number of carbonyl (C=O) groups is 2. The molecule has 1 aliphatic heterocycles. The van der Waals surface area contributed by atoms with E-state index >= 15 is 0 Å². The fraction of sp³-hybridized carbons (Fsp3) is 0.538. The van der Waals surface area contributed by atoms with Crippen molar-refractivity contribution >= 4 is 33.8 Å². The van der Waals surface area contributed by atoms with E-state index in [0.717, 1.165) is 65.6 Å². The van der Waals surface area contributed by atoms with Crippen molar-refractivity contribution in [3.8, 4) is 5.75 Å². The summed E-state index contributed by atoms with van der Waals surface area (Å²) in [5.74, 6) is -0.606. The number of hydrogen-bond donors (Lipinski definition) is 1. The number of ether oxygens (including phenoxy) is 2. The van der Waals surface area contributed by atoms with Gasteiger partial charge < -0.3 is 24.0 Å². The highest BCUT2D eigenvalue weighted by Gasteiger charge is 2.38. The van der Waals surface area contributed by atoms with E-state index in [0.29, 0.717) is 39.3 Å². The van der Waals surface area contributed by atoms with Crippen molar-refractivity contribution in [3.05, 3.63) is 30.2 Å². The molecule has 0 bridgehead atoms. The zero-order chi connectivity index (χ0) is 27.7. The average Bonchev–Trinajstić information content (AvgIpc) is 3.23. The van der Waals surface area contributed by atoms with E-state index < -0.39 is 12.1 Å². The molecular weight excluding hydrogens is 505 g/mol. The van der Waals surface area contributed by atoms with Gasteiger partial charge in [0.25, 0.3) is 0 Å². The average molecular weight is 539 g/mol. The van der Waals surface area contributed by atoms with Crippen LogP contribution in [0.3, 0.4) is 0 Å². The van der Waals surface area contributed by atoms with Gasteiger partial charge in [0, 0.05) is 38.4 Å². The molecule has 1 fully saturated rings. The van der Waals surface area contributed by atoms with Crippen LogP contribution >= 0.6 is 0 Å². The minimum Gasteiger partial charge on any atom is -0.494 e. The van der Waals surface area contributed by atoms with Gasteiger partial charge in [-0.2, -0.15) is 13.2 Å². The number of amides is 1. The summed E-state index contributed by atoms with van der Waals surface area (Å²) in [6.45, 7) is 5.51.